The van der Waals surface area contributed by atoms with E-state index in [1.54, 1.807) is 0 Å². The second-order valence-corrected chi connectivity index (χ2v) is 15.0. The van der Waals surface area contributed by atoms with Gasteiger partial charge in [-0.05, 0) is 96.2 Å². The molecule has 6 heteroatoms. The van der Waals surface area contributed by atoms with Crippen LogP contribution in [0, 0.1) is 0 Å². The van der Waals surface area contributed by atoms with Crippen molar-refractivity contribution in [1.82, 2.24) is 4.57 Å². The quantitative estimate of drug-likeness (QED) is 0.127. The molecule has 262 valence electrons. The molecule has 3 aliphatic rings. The number of hydrogen-bond acceptors (Lipinski definition) is 4. The molecular formula is C49H36BN3O2. The molecule has 55 heavy (non-hydrogen) atoms. The van der Waals surface area contributed by atoms with Crippen molar-refractivity contribution in [1.29, 1.82) is 0 Å². The highest BCUT2D eigenvalue weighted by Gasteiger charge is 2.48. The van der Waals surface area contributed by atoms with Crippen LogP contribution in [0.2, 0.25) is 0 Å². The summed E-state index contributed by atoms with van der Waals surface area (Å²) in [4.78, 5) is 4.96. The maximum Gasteiger partial charge on any atom is 0.375 e. The van der Waals surface area contributed by atoms with Crippen LogP contribution in [0.15, 0.2) is 156 Å². The molecule has 9 aromatic rings. The van der Waals surface area contributed by atoms with Gasteiger partial charge >= 0.3 is 6.85 Å². The van der Waals surface area contributed by atoms with Gasteiger partial charge < -0.3 is 23.4 Å². The highest BCUT2D eigenvalue weighted by molar-refractivity contribution is 6.93. The highest BCUT2D eigenvalue weighted by atomic mass is 16.5. The van der Waals surface area contributed by atoms with Crippen LogP contribution < -0.4 is 25.6 Å². The predicted molar refractivity (Wildman–Crippen MR) is 228 cm³/mol. The number of anilines is 5. The Kier molecular flexibility index (Phi) is 6.53. The Balaban J connectivity index is 1.22. The lowest BCUT2D eigenvalue weighted by Gasteiger charge is -2.41. The van der Waals surface area contributed by atoms with Crippen LogP contribution in [0.25, 0.3) is 49.6 Å². The van der Waals surface area contributed by atoms with Crippen LogP contribution >= 0.6 is 0 Å². The highest BCUT2D eigenvalue weighted by Crippen LogP contribution is 2.55. The molecule has 12 rings (SSSR count). The van der Waals surface area contributed by atoms with Crippen molar-refractivity contribution in [2.45, 2.75) is 32.6 Å². The fourth-order valence-corrected chi connectivity index (χ4v) is 9.63. The lowest BCUT2D eigenvalue weighted by molar-refractivity contribution is 0.477. The Morgan fingerprint density at radius 2 is 1.27 bits per heavy atom. The zero-order chi connectivity index (χ0) is 36.2. The number of hydrogen-bond donors (Lipinski definition) is 0. The molecule has 5 heterocycles. The van der Waals surface area contributed by atoms with Gasteiger partial charge in [-0.15, -0.1) is 0 Å². The van der Waals surface area contributed by atoms with E-state index in [0.29, 0.717) is 0 Å². The molecular weight excluding hydrogens is 673 g/mol. The lowest BCUT2D eigenvalue weighted by Crippen LogP contribution is -2.60. The molecule has 0 saturated carbocycles. The summed E-state index contributed by atoms with van der Waals surface area (Å²) in [5.41, 5.74) is 15.9. The number of aryl methyl sites for hydroxylation is 1. The molecule has 0 unspecified atom stereocenters. The molecule has 7 aromatic carbocycles. The van der Waals surface area contributed by atoms with Crippen LogP contribution in [-0.2, 0) is 6.42 Å². The molecule has 0 amide bonds. The van der Waals surface area contributed by atoms with Crippen LogP contribution in [0.1, 0.15) is 31.7 Å². The zero-order valence-corrected chi connectivity index (χ0v) is 30.5. The van der Waals surface area contributed by atoms with Crippen molar-refractivity contribution in [3.63, 3.8) is 0 Å². The van der Waals surface area contributed by atoms with Crippen molar-refractivity contribution in [2.75, 3.05) is 9.71 Å². The molecule has 0 bridgehead atoms. The van der Waals surface area contributed by atoms with E-state index < -0.39 is 0 Å². The van der Waals surface area contributed by atoms with Gasteiger partial charge in [-0.1, -0.05) is 105 Å². The number of aromatic nitrogens is 1. The first-order valence-corrected chi connectivity index (χ1v) is 19.5. The fraction of sp³-hybridized carbons (Fsp3) is 0.102. The topological polar surface area (TPSA) is 33.8 Å². The second kappa shape index (κ2) is 11.7. The second-order valence-electron chi connectivity index (χ2n) is 15.0. The van der Waals surface area contributed by atoms with E-state index in [0.717, 1.165) is 68.5 Å². The monoisotopic (exact) mass is 709 g/mol. The summed E-state index contributed by atoms with van der Waals surface area (Å²) < 4.78 is 16.1. The van der Waals surface area contributed by atoms with Gasteiger partial charge in [-0.2, -0.15) is 0 Å². The van der Waals surface area contributed by atoms with Gasteiger partial charge in [-0.25, -0.2) is 0 Å². The molecule has 0 N–H and O–H groups in total. The summed E-state index contributed by atoms with van der Waals surface area (Å²) in [6, 6.07) is 54.9. The zero-order valence-electron chi connectivity index (χ0n) is 30.5. The minimum atomic E-state index is -0.198. The fourth-order valence-electron chi connectivity index (χ4n) is 9.63. The third kappa shape index (κ3) is 4.25. The number of nitrogens with zero attached hydrogens (tertiary/aromatic N) is 3. The number of fused-ring (bicyclic) bond motifs is 12. The van der Waals surface area contributed by atoms with E-state index in [2.05, 4.69) is 173 Å². The maximum atomic E-state index is 7.10. The summed E-state index contributed by atoms with van der Waals surface area (Å²) in [7, 11) is 0. The Labute approximate surface area is 319 Å². The van der Waals surface area contributed by atoms with E-state index in [-0.39, 0.29) is 6.85 Å². The lowest BCUT2D eigenvalue weighted by atomic mass is 9.46. The largest absolute Gasteiger partial charge is 0.466 e. The third-order valence-corrected chi connectivity index (χ3v) is 12.0. The average molecular weight is 710 g/mol. The van der Waals surface area contributed by atoms with Gasteiger partial charge in [0, 0.05) is 33.1 Å². The summed E-state index contributed by atoms with van der Waals surface area (Å²) in [5.74, 6) is 1.68. The van der Waals surface area contributed by atoms with E-state index in [1.807, 2.05) is 0 Å². The van der Waals surface area contributed by atoms with E-state index >= 15 is 0 Å². The van der Waals surface area contributed by atoms with Gasteiger partial charge in [0.2, 0.25) is 0 Å². The molecule has 0 aliphatic carbocycles. The first-order valence-electron chi connectivity index (χ1n) is 19.5. The average Bonchev–Trinajstić information content (AvgIpc) is 3.79. The summed E-state index contributed by atoms with van der Waals surface area (Å²) in [6.07, 6.45) is 4.79. The van der Waals surface area contributed by atoms with Gasteiger partial charge in [0.05, 0.1) is 33.8 Å². The molecule has 0 fully saturated rings. The Morgan fingerprint density at radius 3 is 2.05 bits per heavy atom. The maximum absolute atomic E-state index is 7.10. The molecule has 0 spiro atoms. The van der Waals surface area contributed by atoms with E-state index in [4.69, 9.17) is 9.15 Å². The van der Waals surface area contributed by atoms with Crippen molar-refractivity contribution in [3.05, 3.63) is 157 Å². The van der Waals surface area contributed by atoms with Crippen molar-refractivity contribution >= 4 is 79.2 Å². The number of unbranched alkanes of at least 4 members (excludes halogenated alkanes) is 2. The van der Waals surface area contributed by atoms with E-state index in [9.17, 15) is 0 Å². The van der Waals surface area contributed by atoms with Gasteiger partial charge in [0.25, 0.3) is 0 Å². The van der Waals surface area contributed by atoms with Crippen LogP contribution in [0.3, 0.4) is 0 Å². The van der Waals surface area contributed by atoms with Gasteiger partial charge in [-0.3, -0.25) is 0 Å². The van der Waals surface area contributed by atoms with Crippen LogP contribution in [0.5, 0.6) is 11.5 Å². The van der Waals surface area contributed by atoms with Crippen LogP contribution in [0.4, 0.5) is 28.4 Å². The van der Waals surface area contributed by atoms with E-state index in [1.165, 1.54) is 63.4 Å². The Hall–Kier alpha value is -6.66. The Bertz CT molecular complexity index is 2970. The predicted octanol–water partition coefficient (Wildman–Crippen LogP) is 12.1. The van der Waals surface area contributed by atoms with Crippen molar-refractivity contribution in [3.8, 4) is 28.3 Å². The molecule has 2 aromatic heterocycles. The normalized spacial score (nSPS) is 13.5. The molecule has 5 nitrogen and oxygen atoms in total. The summed E-state index contributed by atoms with van der Waals surface area (Å²) in [6.45, 7) is 2.07. The number of rotatable bonds is 6. The first-order chi connectivity index (χ1) is 27.3. The summed E-state index contributed by atoms with van der Waals surface area (Å²) >= 11 is 0. The number of para-hydroxylation sites is 7. The van der Waals surface area contributed by atoms with Crippen molar-refractivity contribution in [2.24, 2.45) is 0 Å². The molecule has 0 radical (unpaired) electrons. The first kappa shape index (κ1) is 30.8. The number of benzene rings is 7. The third-order valence-electron chi connectivity index (χ3n) is 12.0. The summed E-state index contributed by atoms with van der Waals surface area (Å²) in [5, 5.41) is 3.53. The minimum Gasteiger partial charge on any atom is -0.466 e. The standard InChI is InChI=1S/C49H36BN3O2/c1-2-3-4-15-31-26-28-32(29-27-31)53-38-20-9-5-16-33(38)36-30-41(51-39-21-10-13-24-43(39)54-44-25-14-11-22-40(44)51)45-34-17-6-8-19-37(34)52-47-35-18-7-12-23-42(35)55-49(47)50(53)46(36)48(45)52/h5-14,16-30H,2-4,15H2,1H3. The van der Waals surface area contributed by atoms with Gasteiger partial charge in [0.15, 0.2) is 11.5 Å². The van der Waals surface area contributed by atoms with Crippen LogP contribution in [-0.4, -0.2) is 11.4 Å². The van der Waals surface area contributed by atoms with Gasteiger partial charge in [0.1, 0.15) is 11.2 Å². The SMILES string of the molecule is CCCCCc1ccc(N2B3c4oc5ccccc5c4-n4c5ccccc5c5c(N6c7ccccc7Oc7ccccc76)cc(c3c54)-c3ccccc32)cc1. The minimum absolute atomic E-state index is 0.198. The Morgan fingerprint density at radius 1 is 0.600 bits per heavy atom. The molecule has 0 saturated heterocycles. The molecule has 3 aliphatic heterocycles. The number of ether oxygens (including phenoxy) is 1. The smallest absolute Gasteiger partial charge is 0.375 e. The molecule has 0 atom stereocenters. The number of furan rings is 1. The van der Waals surface area contributed by atoms with Crippen molar-refractivity contribution < 1.29 is 9.15 Å².